The number of anilines is 2. The Balaban J connectivity index is 1.92. The van der Waals surface area contributed by atoms with E-state index in [1.54, 1.807) is 13.2 Å². The van der Waals surface area contributed by atoms with Crippen molar-refractivity contribution in [3.63, 3.8) is 0 Å². The number of halogens is 3. The monoisotopic (exact) mass is 353 g/mol. The summed E-state index contributed by atoms with van der Waals surface area (Å²) in [4.78, 5) is 15.9. The summed E-state index contributed by atoms with van der Waals surface area (Å²) in [6.45, 7) is 1.05. The molecule has 0 unspecified atom stereocenters. The van der Waals surface area contributed by atoms with Crippen molar-refractivity contribution in [1.29, 1.82) is 0 Å². The third-order valence-corrected chi connectivity index (χ3v) is 3.31. The lowest BCUT2D eigenvalue weighted by atomic mass is 10.2. The lowest BCUT2D eigenvalue weighted by Gasteiger charge is -2.10. The molecule has 1 aromatic heterocycles. The van der Waals surface area contributed by atoms with Gasteiger partial charge in [0.15, 0.2) is 0 Å². The van der Waals surface area contributed by atoms with Crippen LogP contribution in [0.3, 0.4) is 0 Å². The SMILES string of the molecule is COCCCNC(=O)c1ccc(Nc2ccc(C(F)(F)F)cc2)cn1. The number of carbonyl (C=O) groups is 1. The second-order valence-corrected chi connectivity index (χ2v) is 5.23. The van der Waals surface area contributed by atoms with Crippen molar-refractivity contribution in [2.24, 2.45) is 0 Å². The summed E-state index contributed by atoms with van der Waals surface area (Å²) in [6.07, 6.45) is -2.21. The zero-order valence-electron chi connectivity index (χ0n) is 13.6. The minimum absolute atomic E-state index is 0.260. The molecular weight excluding hydrogens is 335 g/mol. The van der Waals surface area contributed by atoms with Crippen LogP contribution >= 0.6 is 0 Å². The first-order chi connectivity index (χ1) is 11.9. The van der Waals surface area contributed by atoms with Crippen LogP contribution in [0.4, 0.5) is 24.5 Å². The van der Waals surface area contributed by atoms with Crippen LogP contribution in [0.1, 0.15) is 22.5 Å². The number of amides is 1. The van der Waals surface area contributed by atoms with Crippen LogP contribution in [-0.4, -0.2) is 31.2 Å². The molecule has 0 aliphatic heterocycles. The van der Waals surface area contributed by atoms with Crippen molar-refractivity contribution in [2.75, 3.05) is 25.6 Å². The van der Waals surface area contributed by atoms with Gasteiger partial charge in [0.1, 0.15) is 5.69 Å². The van der Waals surface area contributed by atoms with E-state index >= 15 is 0 Å². The van der Waals surface area contributed by atoms with Gasteiger partial charge < -0.3 is 15.4 Å². The molecule has 1 aromatic carbocycles. The molecule has 2 aromatic rings. The third kappa shape index (κ3) is 5.75. The Morgan fingerprint density at radius 1 is 1.12 bits per heavy atom. The maximum absolute atomic E-state index is 12.5. The predicted molar refractivity (Wildman–Crippen MR) is 87.8 cm³/mol. The average Bonchev–Trinajstić information content (AvgIpc) is 2.59. The number of hydrogen-bond acceptors (Lipinski definition) is 4. The van der Waals surface area contributed by atoms with Crippen molar-refractivity contribution in [3.8, 4) is 0 Å². The Morgan fingerprint density at radius 2 is 1.80 bits per heavy atom. The van der Waals surface area contributed by atoms with Crippen LogP contribution in [0.2, 0.25) is 0 Å². The summed E-state index contributed by atoms with van der Waals surface area (Å²) in [5.41, 5.74) is 0.606. The van der Waals surface area contributed by atoms with E-state index < -0.39 is 11.7 Å². The molecule has 0 aliphatic rings. The summed E-state index contributed by atoms with van der Waals surface area (Å²) in [5.74, 6) is -0.294. The molecule has 2 rings (SSSR count). The summed E-state index contributed by atoms with van der Waals surface area (Å²) >= 11 is 0. The molecule has 0 spiro atoms. The Hall–Kier alpha value is -2.61. The van der Waals surface area contributed by atoms with Gasteiger partial charge in [-0.1, -0.05) is 0 Å². The molecular formula is C17H18F3N3O2. The summed E-state index contributed by atoms with van der Waals surface area (Å²) in [7, 11) is 1.59. The minimum Gasteiger partial charge on any atom is -0.385 e. The van der Waals surface area contributed by atoms with Crippen molar-refractivity contribution in [3.05, 3.63) is 53.9 Å². The lowest BCUT2D eigenvalue weighted by molar-refractivity contribution is -0.137. The normalized spacial score (nSPS) is 11.2. The largest absolute Gasteiger partial charge is 0.416 e. The van der Waals surface area contributed by atoms with Gasteiger partial charge >= 0.3 is 6.18 Å². The van der Waals surface area contributed by atoms with Gasteiger partial charge in [-0.05, 0) is 42.8 Å². The second kappa shape index (κ2) is 8.48. The van der Waals surface area contributed by atoms with E-state index in [1.807, 2.05) is 0 Å². The van der Waals surface area contributed by atoms with E-state index in [1.165, 1.54) is 24.4 Å². The molecule has 8 heteroatoms. The smallest absolute Gasteiger partial charge is 0.385 e. The topological polar surface area (TPSA) is 63.2 Å². The number of carbonyl (C=O) groups excluding carboxylic acids is 1. The number of nitrogens with zero attached hydrogens (tertiary/aromatic N) is 1. The Labute approximate surface area is 143 Å². The number of rotatable bonds is 7. The van der Waals surface area contributed by atoms with E-state index in [0.29, 0.717) is 30.9 Å². The van der Waals surface area contributed by atoms with Crippen LogP contribution in [-0.2, 0) is 10.9 Å². The number of pyridine rings is 1. The second-order valence-electron chi connectivity index (χ2n) is 5.23. The van der Waals surface area contributed by atoms with E-state index in [4.69, 9.17) is 4.74 Å². The first kappa shape index (κ1) is 18.7. The first-order valence-corrected chi connectivity index (χ1v) is 7.57. The Bertz CT molecular complexity index is 686. The fourth-order valence-electron chi connectivity index (χ4n) is 2.02. The molecule has 0 saturated heterocycles. The van der Waals surface area contributed by atoms with Gasteiger partial charge in [-0.25, -0.2) is 4.98 Å². The van der Waals surface area contributed by atoms with Gasteiger partial charge in [-0.15, -0.1) is 0 Å². The molecule has 2 N–H and O–H groups in total. The van der Waals surface area contributed by atoms with Gasteiger partial charge in [0.2, 0.25) is 0 Å². The molecule has 0 fully saturated rings. The third-order valence-electron chi connectivity index (χ3n) is 3.31. The number of alkyl halides is 3. The molecule has 0 saturated carbocycles. The van der Waals surface area contributed by atoms with Gasteiger partial charge in [-0.3, -0.25) is 4.79 Å². The number of ether oxygens (including phenoxy) is 1. The van der Waals surface area contributed by atoms with Crippen LogP contribution in [0.15, 0.2) is 42.6 Å². The summed E-state index contributed by atoms with van der Waals surface area (Å²) in [5, 5.41) is 5.65. The molecule has 1 amide bonds. The van der Waals surface area contributed by atoms with E-state index in [9.17, 15) is 18.0 Å². The Morgan fingerprint density at radius 3 is 2.36 bits per heavy atom. The van der Waals surface area contributed by atoms with Crippen molar-refractivity contribution < 1.29 is 22.7 Å². The Kier molecular flexibility index (Phi) is 6.35. The van der Waals surface area contributed by atoms with Crippen LogP contribution < -0.4 is 10.6 Å². The molecule has 1 heterocycles. The van der Waals surface area contributed by atoms with Gasteiger partial charge in [-0.2, -0.15) is 13.2 Å². The maximum Gasteiger partial charge on any atom is 0.416 e. The maximum atomic E-state index is 12.5. The summed E-state index contributed by atoms with van der Waals surface area (Å²) in [6, 6.07) is 7.83. The van der Waals surface area contributed by atoms with Crippen molar-refractivity contribution in [1.82, 2.24) is 10.3 Å². The predicted octanol–water partition coefficient (Wildman–Crippen LogP) is 3.61. The molecule has 0 radical (unpaired) electrons. The highest BCUT2D eigenvalue weighted by Crippen LogP contribution is 2.30. The molecule has 134 valence electrons. The van der Waals surface area contributed by atoms with E-state index in [0.717, 1.165) is 12.1 Å². The van der Waals surface area contributed by atoms with Gasteiger partial charge in [0.05, 0.1) is 17.4 Å². The van der Waals surface area contributed by atoms with Crippen molar-refractivity contribution >= 4 is 17.3 Å². The quantitative estimate of drug-likeness (QED) is 0.747. The molecule has 5 nitrogen and oxygen atoms in total. The fourth-order valence-corrected chi connectivity index (χ4v) is 2.02. The number of nitrogens with one attached hydrogen (secondary N) is 2. The van der Waals surface area contributed by atoms with Gasteiger partial charge in [0, 0.05) is 25.9 Å². The molecule has 25 heavy (non-hydrogen) atoms. The van der Waals surface area contributed by atoms with Crippen LogP contribution in [0.5, 0.6) is 0 Å². The van der Waals surface area contributed by atoms with Crippen LogP contribution in [0, 0.1) is 0 Å². The zero-order chi connectivity index (χ0) is 18.3. The highest BCUT2D eigenvalue weighted by atomic mass is 19.4. The molecule has 0 aliphatic carbocycles. The minimum atomic E-state index is -4.36. The standard InChI is InChI=1S/C17H18F3N3O2/c1-25-10-2-9-21-16(24)15-8-7-14(11-22-15)23-13-5-3-12(4-6-13)17(18,19)20/h3-8,11,23H,2,9-10H2,1H3,(H,21,24). The average molecular weight is 353 g/mol. The highest BCUT2D eigenvalue weighted by Gasteiger charge is 2.29. The van der Waals surface area contributed by atoms with Crippen LogP contribution in [0.25, 0.3) is 0 Å². The van der Waals surface area contributed by atoms with E-state index in [-0.39, 0.29) is 11.6 Å². The van der Waals surface area contributed by atoms with E-state index in [2.05, 4.69) is 15.6 Å². The molecule has 0 atom stereocenters. The van der Waals surface area contributed by atoms with Crippen molar-refractivity contribution in [2.45, 2.75) is 12.6 Å². The first-order valence-electron chi connectivity index (χ1n) is 7.57. The number of benzene rings is 1. The van der Waals surface area contributed by atoms with Gasteiger partial charge in [0.25, 0.3) is 5.91 Å². The lowest BCUT2D eigenvalue weighted by Crippen LogP contribution is -2.26. The summed E-state index contributed by atoms with van der Waals surface area (Å²) < 4.78 is 42.5. The zero-order valence-corrected chi connectivity index (χ0v) is 13.6. The fraction of sp³-hybridized carbons (Fsp3) is 0.294. The highest BCUT2D eigenvalue weighted by molar-refractivity contribution is 5.92. The molecule has 0 bridgehead atoms. The number of aromatic nitrogens is 1. The number of methoxy groups -OCH3 is 1. The number of hydrogen-bond donors (Lipinski definition) is 2.